The van der Waals surface area contributed by atoms with E-state index in [1.807, 2.05) is 0 Å². The lowest BCUT2D eigenvalue weighted by molar-refractivity contribution is 1.04. The number of aromatic nitrogens is 4. The van der Waals surface area contributed by atoms with Gasteiger partial charge in [0.2, 0.25) is 0 Å². The molecule has 0 unspecified atom stereocenters. The minimum atomic E-state index is 0.561. The summed E-state index contributed by atoms with van der Waals surface area (Å²) in [5.41, 5.74) is 19.2. The molecule has 330 valence electrons. The van der Waals surface area contributed by atoms with Crippen LogP contribution in [0.1, 0.15) is 27.8 Å². The molecular weight excluding hydrogens is 851 g/mol. The molecule has 0 atom stereocenters. The van der Waals surface area contributed by atoms with Crippen molar-refractivity contribution in [1.29, 1.82) is 5.26 Å². The second kappa shape index (κ2) is 14.9. The van der Waals surface area contributed by atoms with E-state index in [-0.39, 0.29) is 0 Å². The maximum absolute atomic E-state index is 12.7. The van der Waals surface area contributed by atoms with E-state index in [1.165, 1.54) is 43.8 Å². The third kappa shape index (κ3) is 5.53. The molecule has 10 aromatic carbocycles. The van der Waals surface area contributed by atoms with Gasteiger partial charge in [0.15, 0.2) is 0 Å². The summed E-state index contributed by atoms with van der Waals surface area (Å²) in [6.45, 7) is 8.70. The molecule has 5 heteroatoms. The number of hydrogen-bond acceptors (Lipinski definition) is 1. The highest BCUT2D eigenvalue weighted by atomic mass is 15.1. The molecule has 14 rings (SSSR count). The Balaban J connectivity index is 1.37. The van der Waals surface area contributed by atoms with E-state index < -0.39 is 0 Å². The lowest BCUT2D eigenvalue weighted by Crippen LogP contribution is -2.16. The van der Waals surface area contributed by atoms with Crippen molar-refractivity contribution in [2.24, 2.45) is 0 Å². The summed E-state index contributed by atoms with van der Waals surface area (Å²) < 4.78 is 9.75. The van der Waals surface area contributed by atoms with Gasteiger partial charge < -0.3 is 18.3 Å². The van der Waals surface area contributed by atoms with Crippen molar-refractivity contribution in [3.63, 3.8) is 0 Å². The number of hydrogen-bond donors (Lipinski definition) is 0. The van der Waals surface area contributed by atoms with Crippen LogP contribution in [0.15, 0.2) is 200 Å². The van der Waals surface area contributed by atoms with E-state index in [9.17, 15) is 5.26 Å². The molecule has 14 aromatic rings. The first-order chi connectivity index (χ1) is 34.4. The number of aryl methyl sites for hydroxylation is 4. The van der Waals surface area contributed by atoms with Gasteiger partial charge in [-0.15, -0.1) is 0 Å². The number of nitrogens with zero attached hydrogens (tertiary/aromatic N) is 5. The predicted octanol–water partition coefficient (Wildman–Crippen LogP) is 16.8. The smallest absolute Gasteiger partial charge is 0.104 e. The molecule has 0 saturated carbocycles. The molecule has 4 aromatic heterocycles. The van der Waals surface area contributed by atoms with E-state index in [1.54, 1.807) is 0 Å². The lowest BCUT2D eigenvalue weighted by Gasteiger charge is -2.29. The van der Waals surface area contributed by atoms with Crippen LogP contribution in [0.3, 0.4) is 0 Å². The van der Waals surface area contributed by atoms with Crippen LogP contribution in [-0.4, -0.2) is 18.3 Å². The van der Waals surface area contributed by atoms with Crippen molar-refractivity contribution in [3.05, 3.63) is 228 Å². The first-order valence-electron chi connectivity index (χ1n) is 24.1. The van der Waals surface area contributed by atoms with E-state index in [2.05, 4.69) is 252 Å². The third-order valence-corrected chi connectivity index (χ3v) is 14.8. The fourth-order valence-electron chi connectivity index (χ4n) is 11.9. The van der Waals surface area contributed by atoms with Gasteiger partial charge >= 0.3 is 0 Å². The topological polar surface area (TPSA) is 43.5 Å². The molecule has 5 nitrogen and oxygen atoms in total. The number of rotatable bonds is 5. The molecule has 0 aliphatic carbocycles. The Hall–Kier alpha value is -9.11. The van der Waals surface area contributed by atoms with Crippen molar-refractivity contribution in [2.75, 3.05) is 0 Å². The van der Waals surface area contributed by atoms with Gasteiger partial charge in [-0.05, 0) is 106 Å². The van der Waals surface area contributed by atoms with Gasteiger partial charge in [0, 0.05) is 48.7 Å². The summed E-state index contributed by atoms with van der Waals surface area (Å²) in [6.07, 6.45) is 0. The zero-order valence-corrected chi connectivity index (χ0v) is 39.3. The van der Waals surface area contributed by atoms with Crippen LogP contribution < -0.4 is 0 Å². The predicted molar refractivity (Wildman–Crippen MR) is 293 cm³/mol. The fraction of sp³-hybridized carbons (Fsp3) is 0.0615. The van der Waals surface area contributed by atoms with E-state index in [4.69, 9.17) is 0 Å². The summed E-state index contributed by atoms with van der Waals surface area (Å²) in [5, 5.41) is 21.9. The van der Waals surface area contributed by atoms with Crippen LogP contribution in [0.4, 0.5) is 0 Å². The molecule has 0 N–H and O–H groups in total. The molecule has 0 radical (unpaired) electrons. The normalized spacial score (nSPS) is 12.0. The first-order valence-corrected chi connectivity index (χ1v) is 24.1. The van der Waals surface area contributed by atoms with E-state index in [0.29, 0.717) is 5.56 Å². The van der Waals surface area contributed by atoms with Gasteiger partial charge in [-0.25, -0.2) is 0 Å². The van der Waals surface area contributed by atoms with Crippen LogP contribution in [-0.2, 0) is 0 Å². The summed E-state index contributed by atoms with van der Waals surface area (Å²) in [5.74, 6) is 0. The maximum Gasteiger partial charge on any atom is 0.104 e. The first kappa shape index (κ1) is 40.0. The Kier molecular flexibility index (Phi) is 8.54. The number of benzene rings is 10. The summed E-state index contributed by atoms with van der Waals surface area (Å²) in [7, 11) is 0. The highest BCUT2D eigenvalue weighted by Crippen LogP contribution is 2.52. The van der Waals surface area contributed by atoms with Crippen LogP contribution in [0.2, 0.25) is 0 Å². The number of nitriles is 1. The van der Waals surface area contributed by atoms with Gasteiger partial charge in [-0.3, -0.25) is 0 Å². The Morgan fingerprint density at radius 3 is 0.871 bits per heavy atom. The van der Waals surface area contributed by atoms with Crippen molar-refractivity contribution < 1.29 is 0 Å². The van der Waals surface area contributed by atoms with Crippen LogP contribution >= 0.6 is 0 Å². The standard InChI is InChI=1S/C65H45N5/c1-39-26-30-57-48(34-39)49-35-40(2)27-31-58(49)69(57)64-61(43-16-6-5-7-17-43)65(70-59-32-28-41(3)36-50(59)51-37-42(4)29-33-60(51)70)63(68-55-24-14-10-20-46(55)47-21-11-15-25-56(47)68)52(38-66)62(64)67-53-22-12-8-18-44(53)45-19-9-13-23-54(45)67/h5-37H,1-4H3. The van der Waals surface area contributed by atoms with Crippen LogP contribution in [0.5, 0.6) is 0 Å². The second-order valence-electron chi connectivity index (χ2n) is 19.1. The minimum Gasteiger partial charge on any atom is -0.306 e. The SMILES string of the molecule is Cc1ccc2c(c1)c1cc(C)ccc1n2-c1c(-c2ccccc2)c(-n2c3ccc(C)cc3c3cc(C)ccc32)c(-n2c3ccccc3c3ccccc32)c(C#N)c1-n1c2ccccc2c2ccccc21. The molecule has 0 aliphatic heterocycles. The maximum atomic E-state index is 12.7. The van der Waals surface area contributed by atoms with Crippen molar-refractivity contribution in [1.82, 2.24) is 18.3 Å². The average molecular weight is 896 g/mol. The molecule has 4 heterocycles. The molecule has 70 heavy (non-hydrogen) atoms. The van der Waals surface area contributed by atoms with Crippen molar-refractivity contribution in [2.45, 2.75) is 27.7 Å². The molecular formula is C65H45N5. The molecule has 0 bridgehead atoms. The minimum absolute atomic E-state index is 0.561. The zero-order chi connectivity index (χ0) is 46.9. The van der Waals surface area contributed by atoms with Crippen LogP contribution in [0, 0.1) is 39.0 Å². The van der Waals surface area contributed by atoms with Gasteiger partial charge in [-0.2, -0.15) is 5.26 Å². The van der Waals surface area contributed by atoms with Crippen molar-refractivity contribution in [3.8, 4) is 39.9 Å². The molecule has 0 aliphatic rings. The zero-order valence-electron chi connectivity index (χ0n) is 39.3. The monoisotopic (exact) mass is 895 g/mol. The van der Waals surface area contributed by atoms with Crippen LogP contribution in [0.25, 0.3) is 121 Å². The molecule has 0 saturated heterocycles. The Bertz CT molecular complexity index is 4090. The second-order valence-corrected chi connectivity index (χ2v) is 19.1. The van der Waals surface area contributed by atoms with Gasteiger partial charge in [0.05, 0.1) is 66.9 Å². The largest absolute Gasteiger partial charge is 0.306 e. The Morgan fingerprint density at radius 1 is 0.286 bits per heavy atom. The highest BCUT2D eigenvalue weighted by Gasteiger charge is 2.35. The fourth-order valence-corrected chi connectivity index (χ4v) is 11.9. The van der Waals surface area contributed by atoms with Gasteiger partial charge in [0.25, 0.3) is 0 Å². The quantitative estimate of drug-likeness (QED) is 0.170. The van der Waals surface area contributed by atoms with Gasteiger partial charge in [-0.1, -0.05) is 150 Å². The summed E-state index contributed by atoms with van der Waals surface area (Å²) in [4.78, 5) is 0. The molecule has 0 fully saturated rings. The van der Waals surface area contributed by atoms with E-state index >= 15 is 0 Å². The Morgan fingerprint density at radius 2 is 0.557 bits per heavy atom. The lowest BCUT2D eigenvalue weighted by atomic mass is 9.93. The summed E-state index contributed by atoms with van der Waals surface area (Å²) in [6, 6.07) is 76.0. The van der Waals surface area contributed by atoms with E-state index in [0.717, 1.165) is 99.6 Å². The average Bonchev–Trinajstić information content (AvgIpc) is 4.10. The molecule has 0 spiro atoms. The highest BCUT2D eigenvalue weighted by molar-refractivity contribution is 6.17. The Labute approximate surface area is 404 Å². The number of para-hydroxylation sites is 4. The van der Waals surface area contributed by atoms with Gasteiger partial charge in [0.1, 0.15) is 11.6 Å². The molecule has 0 amide bonds. The third-order valence-electron chi connectivity index (χ3n) is 14.8. The van der Waals surface area contributed by atoms with Crippen molar-refractivity contribution >= 4 is 87.2 Å². The summed E-state index contributed by atoms with van der Waals surface area (Å²) >= 11 is 0. The number of fused-ring (bicyclic) bond motifs is 12.